The molecule has 1 aromatic carbocycles. The molecule has 0 bridgehead atoms. The predicted octanol–water partition coefficient (Wildman–Crippen LogP) is 1.18. The lowest BCUT2D eigenvalue weighted by atomic mass is 10.1. The van der Waals surface area contributed by atoms with Crippen molar-refractivity contribution < 1.29 is 22.0 Å². The molecule has 0 aliphatic heterocycles. The van der Waals surface area contributed by atoms with Gasteiger partial charge >= 0.3 is 0 Å². The molecule has 130 valence electrons. The number of sulfonamides is 1. The van der Waals surface area contributed by atoms with Crippen LogP contribution in [0.15, 0.2) is 35.4 Å². The fraction of sp³-hybridized carbons (Fsp3) is 0.267. The Kier molecular flexibility index (Phi) is 5.35. The second-order valence-corrected chi connectivity index (χ2v) is 7.05. The van der Waals surface area contributed by atoms with E-state index in [1.807, 2.05) is 0 Å². The third-order valence-electron chi connectivity index (χ3n) is 3.41. The average Bonchev–Trinajstić information content (AvgIpc) is 2.89. The van der Waals surface area contributed by atoms with E-state index in [0.29, 0.717) is 5.56 Å². The summed E-state index contributed by atoms with van der Waals surface area (Å²) in [6.45, 7) is 0.154. The Balaban J connectivity index is 2.03. The van der Waals surface area contributed by atoms with Crippen molar-refractivity contribution in [2.75, 3.05) is 13.6 Å². The van der Waals surface area contributed by atoms with E-state index in [9.17, 15) is 22.0 Å². The number of carbonyl (C=O) groups excluding carboxylic acids is 1. The smallest absolute Gasteiger partial charge is 0.267 e. The van der Waals surface area contributed by atoms with Crippen molar-refractivity contribution in [1.82, 2.24) is 14.6 Å². The number of hydrogen-bond donors (Lipinski definition) is 2. The first-order valence-electron chi connectivity index (χ1n) is 7.06. The highest BCUT2D eigenvalue weighted by molar-refractivity contribution is 7.89. The summed E-state index contributed by atoms with van der Waals surface area (Å²) in [7, 11) is -0.815. The molecule has 2 aromatic rings. The van der Waals surface area contributed by atoms with Gasteiger partial charge in [0.2, 0.25) is 10.0 Å². The van der Waals surface area contributed by atoms with Gasteiger partial charge < -0.3 is 9.88 Å². The van der Waals surface area contributed by atoms with E-state index in [1.54, 1.807) is 7.05 Å². The number of carbonyl (C=O) groups is 1. The molecule has 0 radical (unpaired) electrons. The summed E-state index contributed by atoms with van der Waals surface area (Å²) < 4.78 is 53.2. The van der Waals surface area contributed by atoms with E-state index in [-0.39, 0.29) is 23.6 Å². The van der Waals surface area contributed by atoms with Crippen LogP contribution in [0.1, 0.15) is 16.1 Å². The van der Waals surface area contributed by atoms with Gasteiger partial charge in [-0.3, -0.25) is 4.79 Å². The Bertz CT molecular complexity index is 843. The minimum atomic E-state index is -3.64. The van der Waals surface area contributed by atoms with Crippen molar-refractivity contribution in [2.24, 2.45) is 7.05 Å². The Labute approximate surface area is 138 Å². The van der Waals surface area contributed by atoms with E-state index in [1.165, 1.54) is 36.0 Å². The fourth-order valence-corrected chi connectivity index (χ4v) is 2.99. The van der Waals surface area contributed by atoms with Gasteiger partial charge in [-0.2, -0.15) is 0 Å². The van der Waals surface area contributed by atoms with Gasteiger partial charge in [0.1, 0.15) is 22.2 Å². The van der Waals surface area contributed by atoms with E-state index in [2.05, 4.69) is 10.0 Å². The van der Waals surface area contributed by atoms with Crippen LogP contribution in [-0.2, 0) is 23.5 Å². The largest absolute Gasteiger partial charge is 0.350 e. The molecular weight excluding hydrogens is 340 g/mol. The highest BCUT2D eigenvalue weighted by atomic mass is 32.2. The van der Waals surface area contributed by atoms with Gasteiger partial charge in [-0.1, -0.05) is 0 Å². The summed E-state index contributed by atoms with van der Waals surface area (Å²) in [6, 6.07) is 4.41. The molecule has 1 amide bonds. The maximum atomic E-state index is 13.1. The number of hydrogen-bond acceptors (Lipinski definition) is 3. The van der Waals surface area contributed by atoms with Crippen molar-refractivity contribution in [1.29, 1.82) is 0 Å². The van der Waals surface area contributed by atoms with Crippen molar-refractivity contribution in [3.05, 3.63) is 53.4 Å². The molecule has 6 nitrogen and oxygen atoms in total. The van der Waals surface area contributed by atoms with Crippen molar-refractivity contribution >= 4 is 15.9 Å². The average molecular weight is 357 g/mol. The zero-order valence-electron chi connectivity index (χ0n) is 13.1. The second-order valence-electron chi connectivity index (χ2n) is 5.16. The van der Waals surface area contributed by atoms with Crippen LogP contribution in [0.2, 0.25) is 0 Å². The number of nitrogens with zero attached hydrogens (tertiary/aromatic N) is 1. The lowest BCUT2D eigenvalue weighted by molar-refractivity contribution is 0.0946. The Morgan fingerprint density at radius 3 is 2.38 bits per heavy atom. The molecule has 0 spiro atoms. The first-order chi connectivity index (χ1) is 11.2. The molecule has 0 aliphatic carbocycles. The molecule has 0 aliphatic rings. The third-order valence-corrected chi connectivity index (χ3v) is 4.79. The van der Waals surface area contributed by atoms with Crippen LogP contribution in [-0.4, -0.2) is 32.5 Å². The molecular formula is C15H17F2N3O3S. The number of amides is 1. The van der Waals surface area contributed by atoms with Crippen LogP contribution >= 0.6 is 0 Å². The van der Waals surface area contributed by atoms with Gasteiger partial charge in [0, 0.05) is 25.9 Å². The Hall–Kier alpha value is -2.26. The van der Waals surface area contributed by atoms with Crippen LogP contribution in [0, 0.1) is 11.6 Å². The molecule has 24 heavy (non-hydrogen) atoms. The molecule has 1 heterocycles. The number of rotatable bonds is 6. The highest BCUT2D eigenvalue weighted by Gasteiger charge is 2.18. The first-order valence-corrected chi connectivity index (χ1v) is 8.54. The standard InChI is InChI=1S/C15H17F2N3O3S/c1-18-24(22,23)13-8-14(20(2)9-13)15(21)19-4-3-10-5-11(16)7-12(17)6-10/h5-9,18H,3-4H2,1-2H3,(H,19,21). The fourth-order valence-electron chi connectivity index (χ4n) is 2.19. The van der Waals surface area contributed by atoms with Crippen LogP contribution in [0.5, 0.6) is 0 Å². The molecule has 0 saturated heterocycles. The summed E-state index contributed by atoms with van der Waals surface area (Å²) in [6.07, 6.45) is 1.56. The van der Waals surface area contributed by atoms with Gasteiger partial charge in [-0.25, -0.2) is 21.9 Å². The highest BCUT2D eigenvalue weighted by Crippen LogP contribution is 2.13. The maximum Gasteiger partial charge on any atom is 0.267 e. The molecule has 0 atom stereocenters. The van der Waals surface area contributed by atoms with Gasteiger partial charge in [-0.15, -0.1) is 0 Å². The van der Waals surface area contributed by atoms with E-state index >= 15 is 0 Å². The lowest BCUT2D eigenvalue weighted by Gasteiger charge is -2.06. The summed E-state index contributed by atoms with van der Waals surface area (Å²) in [4.78, 5) is 12.1. The van der Waals surface area contributed by atoms with E-state index in [4.69, 9.17) is 0 Å². The van der Waals surface area contributed by atoms with Crippen molar-refractivity contribution in [3.63, 3.8) is 0 Å². The van der Waals surface area contributed by atoms with E-state index < -0.39 is 27.6 Å². The van der Waals surface area contributed by atoms with Gasteiger partial charge in [0.15, 0.2) is 0 Å². The number of halogens is 2. The molecule has 2 rings (SSSR count). The Morgan fingerprint density at radius 1 is 1.17 bits per heavy atom. The molecule has 1 aromatic heterocycles. The van der Waals surface area contributed by atoms with Crippen LogP contribution < -0.4 is 10.0 Å². The molecule has 0 unspecified atom stereocenters. The van der Waals surface area contributed by atoms with Gasteiger partial charge in [0.05, 0.1) is 0 Å². The zero-order chi connectivity index (χ0) is 17.9. The number of aromatic nitrogens is 1. The summed E-state index contributed by atoms with van der Waals surface area (Å²) >= 11 is 0. The number of nitrogens with one attached hydrogen (secondary N) is 2. The quantitative estimate of drug-likeness (QED) is 0.815. The predicted molar refractivity (Wildman–Crippen MR) is 84.1 cm³/mol. The van der Waals surface area contributed by atoms with Crippen LogP contribution in [0.3, 0.4) is 0 Å². The van der Waals surface area contributed by atoms with Crippen LogP contribution in [0.4, 0.5) is 8.78 Å². The number of aryl methyl sites for hydroxylation is 1. The zero-order valence-corrected chi connectivity index (χ0v) is 14.0. The monoisotopic (exact) mass is 357 g/mol. The van der Waals surface area contributed by atoms with Gasteiger partial charge in [-0.05, 0) is 37.2 Å². The van der Waals surface area contributed by atoms with E-state index in [0.717, 1.165) is 6.07 Å². The van der Waals surface area contributed by atoms with Crippen molar-refractivity contribution in [3.8, 4) is 0 Å². The molecule has 9 heteroatoms. The second kappa shape index (κ2) is 7.10. The first kappa shape index (κ1) is 18.1. The topological polar surface area (TPSA) is 80.2 Å². The maximum absolute atomic E-state index is 13.1. The van der Waals surface area contributed by atoms with Crippen molar-refractivity contribution in [2.45, 2.75) is 11.3 Å². The molecule has 0 saturated carbocycles. The third kappa shape index (κ3) is 4.18. The normalized spacial score (nSPS) is 11.5. The summed E-state index contributed by atoms with van der Waals surface area (Å²) in [5, 5.41) is 2.59. The summed E-state index contributed by atoms with van der Waals surface area (Å²) in [5.74, 6) is -1.84. The summed E-state index contributed by atoms with van der Waals surface area (Å²) in [5.41, 5.74) is 0.576. The molecule has 0 fully saturated rings. The Morgan fingerprint density at radius 2 is 1.79 bits per heavy atom. The SMILES string of the molecule is CNS(=O)(=O)c1cc(C(=O)NCCc2cc(F)cc(F)c2)n(C)c1. The minimum absolute atomic E-state index is 0.0233. The van der Waals surface area contributed by atoms with Crippen LogP contribution in [0.25, 0.3) is 0 Å². The van der Waals surface area contributed by atoms with Gasteiger partial charge in [0.25, 0.3) is 5.91 Å². The molecule has 2 N–H and O–H groups in total. The number of benzene rings is 1. The minimum Gasteiger partial charge on any atom is -0.350 e. The lowest BCUT2D eigenvalue weighted by Crippen LogP contribution is -2.27.